The fourth-order valence-corrected chi connectivity index (χ4v) is 2.49. The van der Waals surface area contributed by atoms with Gasteiger partial charge in [0.25, 0.3) is 0 Å². The second kappa shape index (κ2) is 7.55. The van der Waals surface area contributed by atoms with Crippen LogP contribution in [0.15, 0.2) is 30.5 Å². The predicted molar refractivity (Wildman–Crippen MR) is 80.8 cm³/mol. The van der Waals surface area contributed by atoms with Gasteiger partial charge in [-0.1, -0.05) is 17.7 Å². The van der Waals surface area contributed by atoms with Crippen molar-refractivity contribution in [3.8, 4) is 0 Å². The Kier molecular flexibility index (Phi) is 5.73. The molecule has 2 N–H and O–H groups in total. The quantitative estimate of drug-likeness (QED) is 0.821. The maximum Gasteiger partial charge on any atom is 0.0761 e. The van der Waals surface area contributed by atoms with Gasteiger partial charge in [0.05, 0.1) is 12.1 Å². The minimum absolute atomic E-state index is 0.102. The van der Waals surface area contributed by atoms with E-state index in [-0.39, 0.29) is 13.2 Å². The average molecular weight is 295 g/mol. The first kappa shape index (κ1) is 15.2. The van der Waals surface area contributed by atoms with E-state index in [1.165, 1.54) is 0 Å². The Bertz CT molecular complexity index is 563. The van der Waals surface area contributed by atoms with E-state index in [0.29, 0.717) is 24.5 Å². The number of hydrogen-bond acceptors (Lipinski definition) is 4. The number of aliphatic hydroxyl groups excluding tert-OH is 2. The summed E-state index contributed by atoms with van der Waals surface area (Å²) < 4.78 is 0. The molecule has 2 rings (SSSR count). The number of pyridine rings is 1. The van der Waals surface area contributed by atoms with Gasteiger partial charge in [-0.3, -0.25) is 9.88 Å². The summed E-state index contributed by atoms with van der Waals surface area (Å²) in [4.78, 5) is 6.52. The third kappa shape index (κ3) is 3.67. The Balaban J connectivity index is 2.25. The highest BCUT2D eigenvalue weighted by molar-refractivity contribution is 6.35. The molecule has 0 radical (unpaired) electrons. The first-order valence-electron chi connectivity index (χ1n) is 6.72. The highest BCUT2D eigenvalue weighted by Crippen LogP contribution is 2.25. The Hall–Kier alpha value is -1.20. The molecule has 0 amide bonds. The molecule has 0 aliphatic heterocycles. The zero-order chi connectivity index (χ0) is 14.4. The second-order valence-electron chi connectivity index (χ2n) is 4.68. The van der Waals surface area contributed by atoms with Gasteiger partial charge in [0.2, 0.25) is 0 Å². The van der Waals surface area contributed by atoms with Crippen LogP contribution in [-0.4, -0.2) is 46.4 Å². The Morgan fingerprint density at radius 1 is 1.10 bits per heavy atom. The molecular formula is C15H19ClN2O2. The molecule has 0 aliphatic rings. The lowest BCUT2D eigenvalue weighted by Crippen LogP contribution is -2.28. The molecule has 0 atom stereocenters. The maximum atomic E-state index is 9.13. The summed E-state index contributed by atoms with van der Waals surface area (Å²) >= 11 is 6.18. The zero-order valence-electron chi connectivity index (χ0n) is 11.3. The molecule has 0 unspecified atom stereocenters. The molecule has 108 valence electrons. The van der Waals surface area contributed by atoms with Gasteiger partial charge >= 0.3 is 0 Å². The van der Waals surface area contributed by atoms with Gasteiger partial charge in [0, 0.05) is 42.8 Å². The van der Waals surface area contributed by atoms with Crippen molar-refractivity contribution < 1.29 is 10.2 Å². The lowest BCUT2D eigenvalue weighted by molar-refractivity contribution is 0.174. The number of benzene rings is 1. The Morgan fingerprint density at radius 3 is 2.70 bits per heavy atom. The number of aromatic nitrogens is 1. The molecule has 0 bridgehead atoms. The van der Waals surface area contributed by atoms with E-state index in [0.717, 1.165) is 23.0 Å². The van der Waals surface area contributed by atoms with Gasteiger partial charge in [-0.2, -0.15) is 0 Å². The molecule has 0 spiro atoms. The van der Waals surface area contributed by atoms with Crippen molar-refractivity contribution in [2.75, 3.05) is 26.3 Å². The zero-order valence-corrected chi connectivity index (χ0v) is 12.1. The van der Waals surface area contributed by atoms with E-state index in [1.54, 1.807) is 6.20 Å². The average Bonchev–Trinajstić information content (AvgIpc) is 2.48. The number of halogens is 1. The SMILES string of the molecule is OCCCN(CCO)Cc1ccc(Cl)c2cccnc12. The minimum Gasteiger partial charge on any atom is -0.396 e. The van der Waals surface area contributed by atoms with Crippen LogP contribution in [0.3, 0.4) is 0 Å². The molecule has 20 heavy (non-hydrogen) atoms. The number of fused-ring (bicyclic) bond motifs is 1. The van der Waals surface area contributed by atoms with E-state index in [9.17, 15) is 0 Å². The van der Waals surface area contributed by atoms with E-state index >= 15 is 0 Å². The lowest BCUT2D eigenvalue weighted by atomic mass is 10.1. The van der Waals surface area contributed by atoms with Gasteiger partial charge in [-0.25, -0.2) is 0 Å². The molecule has 0 aliphatic carbocycles. The van der Waals surface area contributed by atoms with Gasteiger partial charge in [0.1, 0.15) is 0 Å². The highest BCUT2D eigenvalue weighted by atomic mass is 35.5. The molecule has 1 heterocycles. The summed E-state index contributed by atoms with van der Waals surface area (Å²) in [7, 11) is 0. The van der Waals surface area contributed by atoms with Gasteiger partial charge in [-0.15, -0.1) is 0 Å². The smallest absolute Gasteiger partial charge is 0.0761 e. The van der Waals surface area contributed by atoms with Crippen LogP contribution in [0.25, 0.3) is 10.9 Å². The van der Waals surface area contributed by atoms with Crippen LogP contribution in [0.2, 0.25) is 5.02 Å². The standard InChI is InChI=1S/C15H19ClN2O2/c16-14-5-4-12(15-13(14)3-1-6-17-15)11-18(8-10-20)7-2-9-19/h1,3-6,19-20H,2,7-11H2. The van der Waals surface area contributed by atoms with Crippen LogP contribution in [-0.2, 0) is 6.54 Å². The minimum atomic E-state index is 0.102. The summed E-state index contributed by atoms with van der Waals surface area (Å²) in [6.45, 7) is 2.27. The van der Waals surface area contributed by atoms with Crippen molar-refractivity contribution in [2.45, 2.75) is 13.0 Å². The van der Waals surface area contributed by atoms with Crippen molar-refractivity contribution in [2.24, 2.45) is 0 Å². The van der Waals surface area contributed by atoms with Crippen LogP contribution in [0.1, 0.15) is 12.0 Å². The summed E-state index contributed by atoms with van der Waals surface area (Å²) in [5, 5.41) is 19.7. The topological polar surface area (TPSA) is 56.6 Å². The van der Waals surface area contributed by atoms with Crippen molar-refractivity contribution in [3.05, 3.63) is 41.0 Å². The lowest BCUT2D eigenvalue weighted by Gasteiger charge is -2.21. The van der Waals surface area contributed by atoms with Gasteiger partial charge in [-0.05, 0) is 30.2 Å². The molecule has 4 nitrogen and oxygen atoms in total. The van der Waals surface area contributed by atoms with Crippen molar-refractivity contribution in [1.82, 2.24) is 9.88 Å². The molecule has 5 heteroatoms. The van der Waals surface area contributed by atoms with Crippen LogP contribution in [0.4, 0.5) is 0 Å². The van der Waals surface area contributed by atoms with Crippen LogP contribution >= 0.6 is 11.6 Å². The third-order valence-corrected chi connectivity index (χ3v) is 3.57. The number of aliphatic hydroxyl groups is 2. The molecular weight excluding hydrogens is 276 g/mol. The highest BCUT2D eigenvalue weighted by Gasteiger charge is 2.10. The number of hydrogen-bond donors (Lipinski definition) is 2. The van der Waals surface area contributed by atoms with Crippen LogP contribution in [0.5, 0.6) is 0 Å². The first-order valence-corrected chi connectivity index (χ1v) is 7.10. The normalized spacial score (nSPS) is 11.4. The molecule has 0 fully saturated rings. The predicted octanol–water partition coefficient (Wildman–Crippen LogP) is 2.06. The summed E-state index contributed by atoms with van der Waals surface area (Å²) in [6.07, 6.45) is 2.45. The van der Waals surface area contributed by atoms with Gasteiger partial charge in [0.15, 0.2) is 0 Å². The Morgan fingerprint density at radius 2 is 1.95 bits per heavy atom. The second-order valence-corrected chi connectivity index (χ2v) is 5.09. The van der Waals surface area contributed by atoms with E-state index in [1.807, 2.05) is 24.3 Å². The fraction of sp³-hybridized carbons (Fsp3) is 0.400. The first-order chi connectivity index (χ1) is 9.76. The summed E-state index contributed by atoms with van der Waals surface area (Å²) in [5.74, 6) is 0. The largest absolute Gasteiger partial charge is 0.396 e. The van der Waals surface area contributed by atoms with E-state index in [2.05, 4.69) is 9.88 Å². The van der Waals surface area contributed by atoms with E-state index in [4.69, 9.17) is 21.8 Å². The Labute approximate surface area is 123 Å². The third-order valence-electron chi connectivity index (χ3n) is 3.24. The molecule has 0 saturated carbocycles. The summed E-state index contributed by atoms with van der Waals surface area (Å²) in [6, 6.07) is 7.68. The summed E-state index contributed by atoms with van der Waals surface area (Å²) in [5.41, 5.74) is 1.98. The van der Waals surface area contributed by atoms with Crippen LogP contribution < -0.4 is 0 Å². The number of nitrogens with zero attached hydrogens (tertiary/aromatic N) is 2. The van der Waals surface area contributed by atoms with E-state index < -0.39 is 0 Å². The van der Waals surface area contributed by atoms with Crippen molar-refractivity contribution >= 4 is 22.5 Å². The number of rotatable bonds is 7. The fourth-order valence-electron chi connectivity index (χ4n) is 2.27. The molecule has 1 aromatic heterocycles. The molecule has 0 saturated heterocycles. The monoisotopic (exact) mass is 294 g/mol. The van der Waals surface area contributed by atoms with Crippen molar-refractivity contribution in [3.63, 3.8) is 0 Å². The molecule has 2 aromatic rings. The van der Waals surface area contributed by atoms with Crippen LogP contribution in [0, 0.1) is 0 Å². The maximum absolute atomic E-state index is 9.13. The molecule has 1 aromatic carbocycles. The van der Waals surface area contributed by atoms with Crippen molar-refractivity contribution in [1.29, 1.82) is 0 Å². The van der Waals surface area contributed by atoms with Gasteiger partial charge < -0.3 is 10.2 Å².